The highest BCUT2D eigenvalue weighted by Crippen LogP contribution is 2.12. The number of carbonyl (C=O) groups is 2. The fraction of sp³-hybridized carbons (Fsp3) is 0.217. The molecule has 8 nitrogen and oxygen atoms in total. The fourth-order valence-corrected chi connectivity index (χ4v) is 2.67. The van der Waals surface area contributed by atoms with Crippen LogP contribution >= 0.6 is 0 Å². The number of aromatic nitrogens is 2. The maximum absolute atomic E-state index is 13.0. The number of rotatable bonds is 9. The van der Waals surface area contributed by atoms with Crippen LogP contribution in [0.15, 0.2) is 59.1 Å². The van der Waals surface area contributed by atoms with E-state index < -0.39 is 17.9 Å². The first-order valence-electron chi connectivity index (χ1n) is 9.78. The van der Waals surface area contributed by atoms with Crippen molar-refractivity contribution >= 4 is 18.0 Å². The van der Waals surface area contributed by atoms with Crippen LogP contribution in [0.25, 0.3) is 6.08 Å². The zero-order chi connectivity index (χ0) is 22.9. The van der Waals surface area contributed by atoms with Crippen LogP contribution in [0.5, 0.6) is 5.75 Å². The molecule has 2 aromatic carbocycles. The monoisotopic (exact) mass is 439 g/mol. The molecule has 166 valence electrons. The largest absolute Gasteiger partial charge is 0.497 e. The van der Waals surface area contributed by atoms with E-state index in [1.54, 1.807) is 49.6 Å². The average molecular weight is 439 g/mol. The molecule has 0 aliphatic carbocycles. The Hall–Kier alpha value is -4.01. The number of esters is 1. The second-order valence-corrected chi connectivity index (χ2v) is 6.85. The van der Waals surface area contributed by atoms with E-state index in [9.17, 15) is 14.0 Å². The second kappa shape index (κ2) is 10.9. The summed E-state index contributed by atoms with van der Waals surface area (Å²) in [5, 5.41) is 6.34. The standard InChI is InChI=1S/C23H22FN3O5/c1-15(25-21(28)12-7-16-5-10-19(30-2)11-6-16)23(29)31-14-22-26-20(27-32-22)13-17-3-8-18(24)9-4-17/h3-12,15H,13-14H2,1-2H3,(H,25,28)/b12-7+. The fourth-order valence-electron chi connectivity index (χ4n) is 2.67. The van der Waals surface area contributed by atoms with Gasteiger partial charge in [-0.1, -0.05) is 29.4 Å². The van der Waals surface area contributed by atoms with E-state index in [0.29, 0.717) is 18.0 Å². The molecule has 1 amide bonds. The van der Waals surface area contributed by atoms with Crippen LogP contribution in [0.4, 0.5) is 4.39 Å². The molecule has 0 bridgehead atoms. The lowest BCUT2D eigenvalue weighted by molar-refractivity contribution is -0.149. The Morgan fingerprint density at radius 2 is 1.88 bits per heavy atom. The lowest BCUT2D eigenvalue weighted by Gasteiger charge is -2.10. The van der Waals surface area contributed by atoms with Crippen LogP contribution in [0.2, 0.25) is 0 Å². The maximum Gasteiger partial charge on any atom is 0.328 e. The summed E-state index contributed by atoms with van der Waals surface area (Å²) in [6.45, 7) is 1.28. The minimum absolute atomic E-state index is 0.119. The third kappa shape index (κ3) is 6.76. The minimum Gasteiger partial charge on any atom is -0.497 e. The van der Waals surface area contributed by atoms with Crippen LogP contribution in [0.3, 0.4) is 0 Å². The summed E-state index contributed by atoms with van der Waals surface area (Å²) in [5.41, 5.74) is 1.62. The number of nitrogens with zero attached hydrogens (tertiary/aromatic N) is 2. The van der Waals surface area contributed by atoms with Gasteiger partial charge >= 0.3 is 5.97 Å². The van der Waals surface area contributed by atoms with E-state index in [4.69, 9.17) is 14.0 Å². The van der Waals surface area contributed by atoms with Gasteiger partial charge in [0.1, 0.15) is 17.6 Å². The normalized spacial score (nSPS) is 11.8. The van der Waals surface area contributed by atoms with Crippen molar-refractivity contribution < 1.29 is 28.0 Å². The lowest BCUT2D eigenvalue weighted by Crippen LogP contribution is -2.38. The third-order valence-electron chi connectivity index (χ3n) is 4.38. The van der Waals surface area contributed by atoms with Crippen LogP contribution in [-0.2, 0) is 27.4 Å². The molecule has 0 aliphatic heterocycles. The molecule has 0 aliphatic rings. The Labute approximate surface area is 184 Å². The number of hydrogen-bond acceptors (Lipinski definition) is 7. The summed E-state index contributed by atoms with van der Waals surface area (Å²) in [4.78, 5) is 28.3. The number of benzene rings is 2. The Morgan fingerprint density at radius 3 is 2.56 bits per heavy atom. The summed E-state index contributed by atoms with van der Waals surface area (Å²) >= 11 is 0. The lowest BCUT2D eigenvalue weighted by atomic mass is 10.1. The maximum atomic E-state index is 13.0. The Balaban J connectivity index is 1.44. The highest BCUT2D eigenvalue weighted by atomic mass is 19.1. The molecule has 0 saturated carbocycles. The number of methoxy groups -OCH3 is 1. The van der Waals surface area contributed by atoms with Gasteiger partial charge in [-0.25, -0.2) is 9.18 Å². The molecule has 1 N–H and O–H groups in total. The van der Waals surface area contributed by atoms with Gasteiger partial charge in [0.2, 0.25) is 5.91 Å². The molecule has 1 atom stereocenters. The molecule has 9 heteroatoms. The highest BCUT2D eigenvalue weighted by Gasteiger charge is 2.17. The Morgan fingerprint density at radius 1 is 1.16 bits per heavy atom. The first-order valence-corrected chi connectivity index (χ1v) is 9.78. The minimum atomic E-state index is -0.871. The molecular weight excluding hydrogens is 417 g/mol. The number of carbonyl (C=O) groups excluding carboxylic acids is 2. The van der Waals surface area contributed by atoms with Crippen LogP contribution in [0, 0.1) is 5.82 Å². The van der Waals surface area contributed by atoms with Crippen molar-refractivity contribution in [2.75, 3.05) is 7.11 Å². The van der Waals surface area contributed by atoms with Gasteiger partial charge in [-0.05, 0) is 48.4 Å². The van der Waals surface area contributed by atoms with Crippen LogP contribution in [0.1, 0.15) is 29.8 Å². The van der Waals surface area contributed by atoms with Gasteiger partial charge in [0.05, 0.1) is 7.11 Å². The summed E-state index contributed by atoms with van der Waals surface area (Å²) in [7, 11) is 1.57. The average Bonchev–Trinajstić information content (AvgIpc) is 3.25. The van der Waals surface area contributed by atoms with Gasteiger partial charge in [-0.3, -0.25) is 4.79 Å². The van der Waals surface area contributed by atoms with Gasteiger partial charge in [0.15, 0.2) is 12.4 Å². The quantitative estimate of drug-likeness (QED) is 0.404. The van der Waals surface area contributed by atoms with Crippen LogP contribution in [-0.4, -0.2) is 35.2 Å². The predicted molar refractivity (Wildman–Crippen MR) is 113 cm³/mol. The van der Waals surface area contributed by atoms with E-state index in [1.807, 2.05) is 0 Å². The highest BCUT2D eigenvalue weighted by molar-refractivity contribution is 5.94. The van der Waals surface area contributed by atoms with Crippen molar-refractivity contribution in [3.8, 4) is 5.75 Å². The molecule has 0 saturated heterocycles. The van der Waals surface area contributed by atoms with Crippen LogP contribution < -0.4 is 10.1 Å². The van der Waals surface area contributed by atoms with Crippen molar-refractivity contribution in [1.29, 1.82) is 0 Å². The van der Waals surface area contributed by atoms with Crippen molar-refractivity contribution in [1.82, 2.24) is 15.5 Å². The van der Waals surface area contributed by atoms with Gasteiger partial charge in [-0.2, -0.15) is 4.98 Å². The van der Waals surface area contributed by atoms with Crippen molar-refractivity contribution in [3.63, 3.8) is 0 Å². The number of amides is 1. The second-order valence-electron chi connectivity index (χ2n) is 6.85. The van der Waals surface area contributed by atoms with Gasteiger partial charge in [0, 0.05) is 12.5 Å². The van der Waals surface area contributed by atoms with Crippen molar-refractivity contribution in [3.05, 3.63) is 83.3 Å². The summed E-state index contributed by atoms with van der Waals surface area (Å²) in [6, 6.07) is 12.2. The van der Waals surface area contributed by atoms with E-state index in [0.717, 1.165) is 11.1 Å². The van der Waals surface area contributed by atoms with Gasteiger partial charge in [0.25, 0.3) is 5.89 Å². The van der Waals surface area contributed by atoms with Gasteiger partial charge in [-0.15, -0.1) is 0 Å². The SMILES string of the molecule is COc1ccc(/C=C/C(=O)NC(C)C(=O)OCc2nc(Cc3ccc(F)cc3)no2)cc1. The van der Waals surface area contributed by atoms with Gasteiger partial charge < -0.3 is 19.3 Å². The summed E-state index contributed by atoms with van der Waals surface area (Å²) < 4.78 is 28.2. The Bertz CT molecular complexity index is 1080. The first kappa shape index (κ1) is 22.7. The number of ether oxygens (including phenoxy) is 2. The molecule has 0 spiro atoms. The zero-order valence-corrected chi connectivity index (χ0v) is 17.6. The van der Waals surface area contributed by atoms with E-state index in [2.05, 4.69) is 15.5 Å². The molecule has 32 heavy (non-hydrogen) atoms. The predicted octanol–water partition coefficient (Wildman–Crippen LogP) is 3.07. The molecule has 0 radical (unpaired) electrons. The first-order chi connectivity index (χ1) is 15.4. The smallest absolute Gasteiger partial charge is 0.328 e. The number of halogens is 1. The van der Waals surface area contributed by atoms with Crippen molar-refractivity contribution in [2.24, 2.45) is 0 Å². The van der Waals surface area contributed by atoms with E-state index in [1.165, 1.54) is 25.1 Å². The molecule has 3 aromatic rings. The molecule has 1 aromatic heterocycles. The molecule has 1 heterocycles. The third-order valence-corrected chi connectivity index (χ3v) is 4.38. The molecule has 1 unspecified atom stereocenters. The molecular formula is C23H22FN3O5. The molecule has 0 fully saturated rings. The van der Waals surface area contributed by atoms with E-state index in [-0.39, 0.29) is 18.3 Å². The topological polar surface area (TPSA) is 104 Å². The summed E-state index contributed by atoms with van der Waals surface area (Å²) in [5.74, 6) is -0.195. The number of hydrogen-bond donors (Lipinski definition) is 1. The molecule has 3 rings (SSSR count). The van der Waals surface area contributed by atoms with Crippen molar-refractivity contribution in [2.45, 2.75) is 26.0 Å². The summed E-state index contributed by atoms with van der Waals surface area (Å²) in [6.07, 6.45) is 3.30. The zero-order valence-electron chi connectivity index (χ0n) is 17.6. The van der Waals surface area contributed by atoms with E-state index >= 15 is 0 Å². The number of nitrogens with one attached hydrogen (secondary N) is 1. The Kier molecular flexibility index (Phi) is 7.69.